The number of hydrogen-bond acceptors (Lipinski definition) is 8. The first-order valence-electron chi connectivity index (χ1n) is 11.9. The third kappa shape index (κ3) is 7.92. The molecule has 182 valence electrons. The normalized spacial score (nSPS) is 13.8. The predicted octanol–water partition coefficient (Wildman–Crippen LogP) is 3.94. The summed E-state index contributed by atoms with van der Waals surface area (Å²) in [5.74, 6) is 2.03. The van der Waals surface area contributed by atoms with Crippen molar-refractivity contribution < 1.29 is 9.53 Å². The number of ether oxygens (including phenoxy) is 1. The number of rotatable bonds is 10. The summed E-state index contributed by atoms with van der Waals surface area (Å²) in [7, 11) is 0. The molecule has 2 aromatic heterocycles. The van der Waals surface area contributed by atoms with Crippen LogP contribution in [0, 0.1) is 6.92 Å². The fourth-order valence-electron chi connectivity index (χ4n) is 3.78. The molecule has 0 atom stereocenters. The summed E-state index contributed by atoms with van der Waals surface area (Å²) in [5, 5.41) is 11.7. The van der Waals surface area contributed by atoms with Crippen LogP contribution >= 0.6 is 0 Å². The first-order chi connectivity index (χ1) is 17.2. The zero-order valence-corrected chi connectivity index (χ0v) is 20.1. The average Bonchev–Trinajstić information content (AvgIpc) is 2.89. The molecule has 0 radical (unpaired) electrons. The zero-order valence-electron chi connectivity index (χ0n) is 20.1. The van der Waals surface area contributed by atoms with Crippen LogP contribution in [-0.4, -0.2) is 47.2 Å². The van der Waals surface area contributed by atoms with Crippen LogP contribution in [0.5, 0.6) is 0 Å². The van der Waals surface area contributed by atoms with Crippen LogP contribution in [0.2, 0.25) is 0 Å². The van der Waals surface area contributed by atoms with Gasteiger partial charge in [0.05, 0.1) is 19.8 Å². The molecule has 35 heavy (non-hydrogen) atoms. The van der Waals surface area contributed by atoms with Crippen molar-refractivity contribution in [1.82, 2.24) is 20.3 Å². The highest BCUT2D eigenvalue weighted by Crippen LogP contribution is 2.21. The maximum atomic E-state index is 12.3. The number of nitrogens with zero attached hydrogens (tertiary/aromatic N) is 6. The third-order valence-corrected chi connectivity index (χ3v) is 5.63. The topological polar surface area (TPSA) is 105 Å². The molecule has 3 aromatic rings. The van der Waals surface area contributed by atoms with Crippen molar-refractivity contribution in [3.05, 3.63) is 77.4 Å². The Balaban J connectivity index is 1.37. The van der Waals surface area contributed by atoms with E-state index in [-0.39, 0.29) is 5.91 Å². The molecule has 4 rings (SSSR count). The first kappa shape index (κ1) is 24.4. The molecular formula is C26H31N7O2. The van der Waals surface area contributed by atoms with E-state index in [0.717, 1.165) is 30.0 Å². The number of carbonyl (C=O) groups is 1. The van der Waals surface area contributed by atoms with Gasteiger partial charge in [-0.1, -0.05) is 29.8 Å². The van der Waals surface area contributed by atoms with Crippen LogP contribution in [0.15, 0.2) is 65.1 Å². The van der Waals surface area contributed by atoms with E-state index in [1.165, 1.54) is 5.56 Å². The van der Waals surface area contributed by atoms with E-state index in [1.54, 1.807) is 12.4 Å². The van der Waals surface area contributed by atoms with Crippen molar-refractivity contribution in [3.63, 3.8) is 0 Å². The SMILES string of the molecule is Cc1cccc(CN=Nc2cc(N3CCOCC3)nc(CCCC(=O)NCc3ccncc3)n2)c1. The number of morpholine rings is 1. The molecule has 1 aliphatic rings. The van der Waals surface area contributed by atoms with Gasteiger partial charge in [0.15, 0.2) is 5.82 Å². The molecule has 1 aliphatic heterocycles. The van der Waals surface area contributed by atoms with Gasteiger partial charge < -0.3 is 15.0 Å². The van der Waals surface area contributed by atoms with Gasteiger partial charge in [-0.15, -0.1) is 5.11 Å². The zero-order chi connectivity index (χ0) is 24.3. The molecule has 1 amide bonds. The Labute approximate surface area is 205 Å². The summed E-state index contributed by atoms with van der Waals surface area (Å²) in [4.78, 5) is 27.8. The number of pyridine rings is 1. The smallest absolute Gasteiger partial charge is 0.220 e. The van der Waals surface area contributed by atoms with E-state index in [9.17, 15) is 4.79 Å². The van der Waals surface area contributed by atoms with Crippen LogP contribution in [0.3, 0.4) is 0 Å². The van der Waals surface area contributed by atoms with Crippen LogP contribution in [0.4, 0.5) is 11.6 Å². The summed E-state index contributed by atoms with van der Waals surface area (Å²) in [6, 6.07) is 13.9. The number of aromatic nitrogens is 3. The van der Waals surface area contributed by atoms with Crippen molar-refractivity contribution in [3.8, 4) is 0 Å². The fraction of sp³-hybridized carbons (Fsp3) is 0.385. The lowest BCUT2D eigenvalue weighted by molar-refractivity contribution is -0.121. The van der Waals surface area contributed by atoms with Gasteiger partial charge in [-0.3, -0.25) is 9.78 Å². The minimum atomic E-state index is 0.00390. The summed E-state index contributed by atoms with van der Waals surface area (Å²) < 4.78 is 5.48. The molecule has 9 heteroatoms. The Morgan fingerprint density at radius 3 is 2.71 bits per heavy atom. The van der Waals surface area contributed by atoms with E-state index in [4.69, 9.17) is 9.72 Å². The van der Waals surface area contributed by atoms with Crippen LogP contribution < -0.4 is 10.2 Å². The predicted molar refractivity (Wildman–Crippen MR) is 133 cm³/mol. The van der Waals surface area contributed by atoms with Crippen molar-refractivity contribution >= 4 is 17.5 Å². The number of anilines is 1. The van der Waals surface area contributed by atoms with Crippen LogP contribution in [0.25, 0.3) is 0 Å². The van der Waals surface area contributed by atoms with Gasteiger partial charge in [0.25, 0.3) is 0 Å². The van der Waals surface area contributed by atoms with E-state index in [0.29, 0.717) is 57.2 Å². The van der Waals surface area contributed by atoms with E-state index >= 15 is 0 Å². The van der Waals surface area contributed by atoms with Gasteiger partial charge in [0.2, 0.25) is 5.91 Å². The monoisotopic (exact) mass is 473 g/mol. The molecule has 0 spiro atoms. The van der Waals surface area contributed by atoms with Gasteiger partial charge in [-0.05, 0) is 36.6 Å². The summed E-state index contributed by atoms with van der Waals surface area (Å²) in [6.45, 7) is 5.93. The van der Waals surface area contributed by atoms with Gasteiger partial charge >= 0.3 is 0 Å². The summed E-state index contributed by atoms with van der Waals surface area (Å²) in [6.07, 6.45) is 5.07. The molecule has 0 bridgehead atoms. The molecule has 0 aliphatic carbocycles. The minimum Gasteiger partial charge on any atom is -0.378 e. The highest BCUT2D eigenvalue weighted by molar-refractivity contribution is 5.75. The Hall–Kier alpha value is -3.72. The van der Waals surface area contributed by atoms with Gasteiger partial charge in [0, 0.05) is 50.9 Å². The number of aryl methyl sites for hydroxylation is 2. The molecular weight excluding hydrogens is 442 g/mol. The number of amides is 1. The molecule has 1 N–H and O–H groups in total. The number of nitrogens with one attached hydrogen (secondary N) is 1. The number of carbonyl (C=O) groups excluding carboxylic acids is 1. The van der Waals surface area contributed by atoms with Crippen LogP contribution in [0.1, 0.15) is 35.4 Å². The van der Waals surface area contributed by atoms with Gasteiger partial charge in [0.1, 0.15) is 11.6 Å². The molecule has 0 unspecified atom stereocenters. The molecule has 0 saturated carbocycles. The quantitative estimate of drug-likeness (QED) is 0.447. The highest BCUT2D eigenvalue weighted by Gasteiger charge is 2.15. The second-order valence-corrected chi connectivity index (χ2v) is 8.47. The standard InChI is InChI=1S/C26H31N7O2/c1-20-4-2-5-22(16-20)19-29-32-24-17-25(33-12-14-35-15-13-33)31-23(30-24)6-3-7-26(34)28-18-21-8-10-27-11-9-21/h2,4-5,8-11,16-17H,3,6-7,12-15,18-19H2,1H3,(H,28,34). The maximum absolute atomic E-state index is 12.3. The second kappa shape index (κ2) is 12.7. The van der Waals surface area contributed by atoms with Crippen molar-refractivity contribution in [2.45, 2.75) is 39.3 Å². The lowest BCUT2D eigenvalue weighted by Crippen LogP contribution is -2.36. The lowest BCUT2D eigenvalue weighted by Gasteiger charge is -2.28. The number of azo groups is 1. The van der Waals surface area contributed by atoms with E-state index < -0.39 is 0 Å². The van der Waals surface area contributed by atoms with Gasteiger partial charge in [-0.25, -0.2) is 9.97 Å². The molecule has 1 fully saturated rings. The second-order valence-electron chi connectivity index (χ2n) is 8.47. The molecule has 1 aromatic carbocycles. The maximum Gasteiger partial charge on any atom is 0.220 e. The fourth-order valence-corrected chi connectivity index (χ4v) is 3.78. The third-order valence-electron chi connectivity index (χ3n) is 5.63. The first-order valence-corrected chi connectivity index (χ1v) is 11.9. The number of hydrogen-bond donors (Lipinski definition) is 1. The van der Waals surface area contributed by atoms with E-state index in [2.05, 4.69) is 49.5 Å². The lowest BCUT2D eigenvalue weighted by atomic mass is 10.1. The Morgan fingerprint density at radius 1 is 1.09 bits per heavy atom. The largest absolute Gasteiger partial charge is 0.378 e. The molecule has 9 nitrogen and oxygen atoms in total. The molecule has 3 heterocycles. The Morgan fingerprint density at radius 2 is 1.91 bits per heavy atom. The van der Waals surface area contributed by atoms with Crippen LogP contribution in [-0.2, 0) is 29.0 Å². The Kier molecular flexibility index (Phi) is 8.83. The minimum absolute atomic E-state index is 0.00390. The number of benzene rings is 1. The van der Waals surface area contributed by atoms with Crippen molar-refractivity contribution in [2.75, 3.05) is 31.2 Å². The highest BCUT2D eigenvalue weighted by atomic mass is 16.5. The van der Waals surface area contributed by atoms with Crippen molar-refractivity contribution in [1.29, 1.82) is 0 Å². The van der Waals surface area contributed by atoms with Gasteiger partial charge in [-0.2, -0.15) is 5.11 Å². The summed E-state index contributed by atoms with van der Waals surface area (Å²) >= 11 is 0. The Bertz CT molecular complexity index is 1130. The van der Waals surface area contributed by atoms with Crippen molar-refractivity contribution in [2.24, 2.45) is 10.2 Å². The average molecular weight is 474 g/mol. The van der Waals surface area contributed by atoms with E-state index in [1.807, 2.05) is 30.3 Å². The molecule has 1 saturated heterocycles. The summed E-state index contributed by atoms with van der Waals surface area (Å²) in [5.41, 5.74) is 3.33.